The average molecular weight is 350 g/mol. The smallest absolute Gasteiger partial charge is 0.269 e. The van der Waals surface area contributed by atoms with Gasteiger partial charge >= 0.3 is 0 Å². The highest BCUT2D eigenvalue weighted by atomic mass is 32.2. The molecule has 0 spiro atoms. The molecule has 0 heterocycles. The second kappa shape index (κ2) is 7.89. The molecule has 0 amide bonds. The van der Waals surface area contributed by atoms with E-state index >= 15 is 0 Å². The van der Waals surface area contributed by atoms with E-state index in [9.17, 15) is 18.5 Å². The van der Waals surface area contributed by atoms with E-state index in [1.54, 1.807) is 19.1 Å². The lowest BCUT2D eigenvalue weighted by atomic mass is 10.2. The van der Waals surface area contributed by atoms with Gasteiger partial charge in [-0.1, -0.05) is 30.3 Å². The van der Waals surface area contributed by atoms with Gasteiger partial charge in [-0.05, 0) is 24.6 Å². The van der Waals surface area contributed by atoms with Crippen molar-refractivity contribution < 1.29 is 18.1 Å². The summed E-state index contributed by atoms with van der Waals surface area (Å²) in [4.78, 5) is 10.1. The molecule has 8 heteroatoms. The number of ether oxygens (including phenoxy) is 1. The number of hydrogen-bond donors (Lipinski definition) is 1. The van der Waals surface area contributed by atoms with E-state index in [0.717, 1.165) is 0 Å². The van der Waals surface area contributed by atoms with E-state index in [1.165, 1.54) is 24.3 Å². The Labute approximate surface area is 140 Å². The van der Waals surface area contributed by atoms with Crippen LogP contribution in [0.1, 0.15) is 12.5 Å². The van der Waals surface area contributed by atoms with Crippen molar-refractivity contribution in [3.63, 3.8) is 0 Å². The van der Waals surface area contributed by atoms with Crippen LogP contribution in [-0.2, 0) is 15.8 Å². The summed E-state index contributed by atoms with van der Waals surface area (Å²) in [5.74, 6) is 0.419. The highest BCUT2D eigenvalue weighted by Crippen LogP contribution is 2.14. The Morgan fingerprint density at radius 3 is 2.33 bits per heavy atom. The lowest BCUT2D eigenvalue weighted by molar-refractivity contribution is -0.384. The standard InChI is InChI=1S/C16H18N2O5S/c1-13(23-16-5-3-2-4-6-16)11-17-24(21,22)12-14-7-9-15(10-8-14)18(19)20/h2-10,13,17H,11-12H2,1H3. The molecule has 0 bridgehead atoms. The summed E-state index contributed by atoms with van der Waals surface area (Å²) >= 11 is 0. The molecule has 0 aliphatic carbocycles. The zero-order valence-electron chi connectivity index (χ0n) is 13.1. The zero-order chi connectivity index (χ0) is 17.6. The molecule has 0 radical (unpaired) electrons. The maximum atomic E-state index is 12.1. The Morgan fingerprint density at radius 2 is 1.75 bits per heavy atom. The van der Waals surface area contributed by atoms with Crippen molar-refractivity contribution in [3.8, 4) is 5.75 Å². The largest absolute Gasteiger partial charge is 0.489 e. The molecule has 0 aliphatic heterocycles. The minimum Gasteiger partial charge on any atom is -0.489 e. The molecule has 0 saturated heterocycles. The lowest BCUT2D eigenvalue weighted by Gasteiger charge is -2.15. The Kier molecular flexibility index (Phi) is 5.88. The Hall–Kier alpha value is -2.45. The number of para-hydroxylation sites is 1. The molecular formula is C16H18N2O5S. The first kappa shape index (κ1) is 17.9. The van der Waals surface area contributed by atoms with Crippen LogP contribution in [0.4, 0.5) is 5.69 Å². The lowest BCUT2D eigenvalue weighted by Crippen LogP contribution is -2.34. The summed E-state index contributed by atoms with van der Waals surface area (Å²) in [6.07, 6.45) is -0.334. The number of nitro groups is 1. The summed E-state index contributed by atoms with van der Waals surface area (Å²) in [6.45, 7) is 1.89. The van der Waals surface area contributed by atoms with Crippen LogP contribution in [0.25, 0.3) is 0 Å². The third-order valence-corrected chi connectivity index (χ3v) is 4.49. The monoisotopic (exact) mass is 350 g/mol. The molecule has 1 N–H and O–H groups in total. The van der Waals surface area contributed by atoms with Crippen molar-refractivity contribution in [2.45, 2.75) is 18.8 Å². The van der Waals surface area contributed by atoms with Crippen molar-refractivity contribution in [3.05, 3.63) is 70.3 Å². The average Bonchev–Trinajstić information content (AvgIpc) is 2.54. The van der Waals surface area contributed by atoms with Crippen molar-refractivity contribution in [2.24, 2.45) is 0 Å². The molecule has 1 unspecified atom stereocenters. The summed E-state index contributed by atoms with van der Waals surface area (Å²) in [5.41, 5.74) is 0.402. The van der Waals surface area contributed by atoms with Gasteiger partial charge in [-0.25, -0.2) is 13.1 Å². The van der Waals surface area contributed by atoms with E-state index in [0.29, 0.717) is 11.3 Å². The quantitative estimate of drug-likeness (QED) is 0.582. The molecule has 0 aromatic heterocycles. The maximum Gasteiger partial charge on any atom is 0.269 e. The van der Waals surface area contributed by atoms with Gasteiger partial charge in [-0.2, -0.15) is 0 Å². The first-order valence-corrected chi connectivity index (χ1v) is 8.93. The fourth-order valence-electron chi connectivity index (χ4n) is 2.00. The van der Waals surface area contributed by atoms with Crippen LogP contribution < -0.4 is 9.46 Å². The van der Waals surface area contributed by atoms with Crippen LogP contribution in [-0.4, -0.2) is 26.0 Å². The molecule has 7 nitrogen and oxygen atoms in total. The van der Waals surface area contributed by atoms with E-state index in [2.05, 4.69) is 4.72 Å². The van der Waals surface area contributed by atoms with Gasteiger partial charge in [0.25, 0.3) is 5.69 Å². The normalized spacial score (nSPS) is 12.5. The van der Waals surface area contributed by atoms with E-state index in [-0.39, 0.29) is 24.1 Å². The van der Waals surface area contributed by atoms with E-state index in [4.69, 9.17) is 4.74 Å². The van der Waals surface area contributed by atoms with Crippen LogP contribution in [0, 0.1) is 10.1 Å². The van der Waals surface area contributed by atoms with Crippen LogP contribution in [0.15, 0.2) is 54.6 Å². The predicted octanol–water partition coefficient (Wildman–Crippen LogP) is 2.48. The highest BCUT2D eigenvalue weighted by molar-refractivity contribution is 7.88. The first-order chi connectivity index (χ1) is 11.4. The number of sulfonamides is 1. The Bertz CT molecular complexity index is 776. The molecule has 2 rings (SSSR count). The van der Waals surface area contributed by atoms with Gasteiger partial charge in [-0.3, -0.25) is 10.1 Å². The number of nitrogens with one attached hydrogen (secondary N) is 1. The minimum atomic E-state index is -3.55. The van der Waals surface area contributed by atoms with Crippen LogP contribution >= 0.6 is 0 Å². The van der Waals surface area contributed by atoms with Gasteiger partial charge in [0.2, 0.25) is 10.0 Å². The molecule has 0 aliphatic rings. The third-order valence-electron chi connectivity index (χ3n) is 3.18. The minimum absolute atomic E-state index is 0.0750. The second-order valence-electron chi connectivity index (χ2n) is 5.27. The van der Waals surface area contributed by atoms with Crippen LogP contribution in [0.3, 0.4) is 0 Å². The summed E-state index contributed by atoms with van der Waals surface area (Å²) < 4.78 is 32.2. The number of nitrogens with zero attached hydrogens (tertiary/aromatic N) is 1. The van der Waals surface area contributed by atoms with Gasteiger partial charge in [0, 0.05) is 18.7 Å². The van der Waals surface area contributed by atoms with Crippen LogP contribution in [0.5, 0.6) is 5.75 Å². The summed E-state index contributed by atoms with van der Waals surface area (Å²) in [6, 6.07) is 14.6. The SMILES string of the molecule is CC(CNS(=O)(=O)Cc1ccc([N+](=O)[O-])cc1)Oc1ccccc1. The second-order valence-corrected chi connectivity index (χ2v) is 7.08. The van der Waals surface area contributed by atoms with Crippen molar-refractivity contribution in [1.82, 2.24) is 4.72 Å². The fourth-order valence-corrected chi connectivity index (χ4v) is 3.22. The Balaban J connectivity index is 1.87. The highest BCUT2D eigenvalue weighted by Gasteiger charge is 2.15. The topological polar surface area (TPSA) is 98.5 Å². The maximum absolute atomic E-state index is 12.1. The predicted molar refractivity (Wildman–Crippen MR) is 90.3 cm³/mol. The van der Waals surface area contributed by atoms with Gasteiger partial charge in [0.15, 0.2) is 0 Å². The van der Waals surface area contributed by atoms with E-state index in [1.807, 2.05) is 18.2 Å². The number of non-ortho nitro benzene ring substituents is 1. The van der Waals surface area contributed by atoms with Gasteiger partial charge in [-0.15, -0.1) is 0 Å². The first-order valence-electron chi connectivity index (χ1n) is 7.28. The summed E-state index contributed by atoms with van der Waals surface area (Å²) in [7, 11) is -3.55. The molecule has 1 atom stereocenters. The molecule has 0 saturated carbocycles. The Morgan fingerprint density at radius 1 is 1.12 bits per heavy atom. The van der Waals surface area contributed by atoms with Gasteiger partial charge in [0.1, 0.15) is 11.9 Å². The van der Waals surface area contributed by atoms with Gasteiger partial charge in [0.05, 0.1) is 10.7 Å². The number of hydrogen-bond acceptors (Lipinski definition) is 5. The fraction of sp³-hybridized carbons (Fsp3) is 0.250. The van der Waals surface area contributed by atoms with Crippen molar-refractivity contribution >= 4 is 15.7 Å². The van der Waals surface area contributed by atoms with Crippen molar-refractivity contribution in [2.75, 3.05) is 6.54 Å². The molecule has 0 fully saturated rings. The van der Waals surface area contributed by atoms with Crippen molar-refractivity contribution in [1.29, 1.82) is 0 Å². The molecule has 2 aromatic rings. The number of rotatable bonds is 8. The van der Waals surface area contributed by atoms with Crippen LogP contribution in [0.2, 0.25) is 0 Å². The molecule has 128 valence electrons. The zero-order valence-corrected chi connectivity index (χ0v) is 13.9. The molecule has 2 aromatic carbocycles. The van der Waals surface area contributed by atoms with Gasteiger partial charge < -0.3 is 4.74 Å². The molecular weight excluding hydrogens is 332 g/mol. The summed E-state index contributed by atoms with van der Waals surface area (Å²) in [5, 5.41) is 10.6. The third kappa shape index (κ3) is 5.64. The molecule has 24 heavy (non-hydrogen) atoms. The number of nitro benzene ring substituents is 1. The number of benzene rings is 2. The van der Waals surface area contributed by atoms with E-state index < -0.39 is 14.9 Å².